The highest BCUT2D eigenvalue weighted by atomic mass is 19.1. The number of nitrogens with one attached hydrogen (secondary N) is 1. The Labute approximate surface area is 139 Å². The van der Waals surface area contributed by atoms with E-state index in [9.17, 15) is 14.0 Å². The van der Waals surface area contributed by atoms with Crippen molar-refractivity contribution in [2.75, 3.05) is 6.54 Å². The summed E-state index contributed by atoms with van der Waals surface area (Å²) in [6.07, 6.45) is 0. The molecule has 0 spiro atoms. The summed E-state index contributed by atoms with van der Waals surface area (Å²) in [6.45, 7) is 5.45. The highest BCUT2D eigenvalue weighted by Crippen LogP contribution is 2.30. The summed E-state index contributed by atoms with van der Waals surface area (Å²) in [5, 5.41) is 2.72. The Morgan fingerprint density at radius 1 is 1.17 bits per heavy atom. The molecule has 0 saturated carbocycles. The molecule has 2 amide bonds. The first-order chi connectivity index (χ1) is 11.5. The molecule has 0 fully saturated rings. The lowest BCUT2D eigenvalue weighted by atomic mass is 10.1. The molecule has 0 aliphatic carbocycles. The zero-order valence-corrected chi connectivity index (χ0v) is 13.3. The number of carbonyl (C=O) groups excluding carboxylic acids is 2. The summed E-state index contributed by atoms with van der Waals surface area (Å²) in [5.41, 5.74) is 2.18. The Kier molecular flexibility index (Phi) is 4.16. The molecule has 3 rings (SSSR count). The van der Waals surface area contributed by atoms with Crippen molar-refractivity contribution in [2.24, 2.45) is 0 Å². The standard InChI is InChI=1S/C19H17FN2O2/c1-12(14-7-5-6-10-17(14)20)21-18(23)11-22-13(2)15-8-3-4-9-16(15)19(22)24/h3-10,12H,2,11H2,1H3,(H,21,23)/t12-/m1/s1. The van der Waals surface area contributed by atoms with Gasteiger partial charge in [0.05, 0.1) is 6.04 Å². The molecule has 0 aromatic heterocycles. The maximum Gasteiger partial charge on any atom is 0.259 e. The number of rotatable bonds is 4. The second-order valence-corrected chi connectivity index (χ2v) is 5.69. The summed E-state index contributed by atoms with van der Waals surface area (Å²) in [5.74, 6) is -0.989. The summed E-state index contributed by atoms with van der Waals surface area (Å²) >= 11 is 0. The van der Waals surface area contributed by atoms with Crippen LogP contribution in [0.25, 0.3) is 5.70 Å². The minimum absolute atomic E-state index is 0.148. The van der Waals surface area contributed by atoms with Gasteiger partial charge in [0.25, 0.3) is 5.91 Å². The Bertz CT molecular complexity index is 797. The molecule has 0 unspecified atom stereocenters. The van der Waals surface area contributed by atoms with Gasteiger partial charge in [-0.3, -0.25) is 14.5 Å². The molecule has 1 heterocycles. The van der Waals surface area contributed by atoms with Gasteiger partial charge in [-0.05, 0) is 19.1 Å². The van der Waals surface area contributed by atoms with Gasteiger partial charge in [0.2, 0.25) is 5.91 Å². The van der Waals surface area contributed by atoms with Crippen LogP contribution >= 0.6 is 0 Å². The zero-order chi connectivity index (χ0) is 17.3. The van der Waals surface area contributed by atoms with Crippen molar-refractivity contribution in [2.45, 2.75) is 13.0 Å². The number of halogens is 1. The van der Waals surface area contributed by atoms with Gasteiger partial charge in [-0.15, -0.1) is 0 Å². The zero-order valence-electron chi connectivity index (χ0n) is 13.3. The molecular weight excluding hydrogens is 307 g/mol. The first-order valence-electron chi connectivity index (χ1n) is 7.63. The molecular formula is C19H17FN2O2. The van der Waals surface area contributed by atoms with E-state index in [1.165, 1.54) is 11.0 Å². The van der Waals surface area contributed by atoms with E-state index in [1.807, 2.05) is 6.07 Å². The molecule has 2 aromatic rings. The van der Waals surface area contributed by atoms with Crippen molar-refractivity contribution >= 4 is 17.5 Å². The van der Waals surface area contributed by atoms with Gasteiger partial charge in [-0.1, -0.05) is 43.0 Å². The molecule has 5 heteroatoms. The van der Waals surface area contributed by atoms with Crippen molar-refractivity contribution in [1.29, 1.82) is 0 Å². The predicted molar refractivity (Wildman–Crippen MR) is 89.5 cm³/mol. The van der Waals surface area contributed by atoms with Crippen LogP contribution in [0.1, 0.15) is 34.5 Å². The maximum atomic E-state index is 13.8. The minimum atomic E-state index is -0.493. The van der Waals surface area contributed by atoms with E-state index in [1.54, 1.807) is 43.3 Å². The average molecular weight is 324 g/mol. The Morgan fingerprint density at radius 2 is 1.79 bits per heavy atom. The van der Waals surface area contributed by atoms with Gasteiger partial charge < -0.3 is 5.32 Å². The molecule has 1 N–H and O–H groups in total. The number of nitrogens with zero attached hydrogens (tertiary/aromatic N) is 1. The monoisotopic (exact) mass is 324 g/mol. The van der Waals surface area contributed by atoms with Crippen LogP contribution in [0, 0.1) is 5.82 Å². The SMILES string of the molecule is C=C1c2ccccc2C(=O)N1CC(=O)N[C@H](C)c1ccccc1F. The Hall–Kier alpha value is -2.95. The van der Waals surface area contributed by atoms with Gasteiger partial charge in [0.1, 0.15) is 12.4 Å². The fraction of sp³-hybridized carbons (Fsp3) is 0.158. The van der Waals surface area contributed by atoms with Gasteiger partial charge in [0, 0.05) is 22.4 Å². The number of hydrogen-bond donors (Lipinski definition) is 1. The third-order valence-electron chi connectivity index (χ3n) is 4.09. The third kappa shape index (κ3) is 2.80. The van der Waals surface area contributed by atoms with Crippen LogP contribution in [0.3, 0.4) is 0 Å². The van der Waals surface area contributed by atoms with E-state index < -0.39 is 6.04 Å². The second kappa shape index (κ2) is 6.28. The van der Waals surface area contributed by atoms with Crippen LogP contribution in [0.5, 0.6) is 0 Å². The number of amides is 2. The number of fused-ring (bicyclic) bond motifs is 1. The molecule has 1 aliphatic heterocycles. The van der Waals surface area contributed by atoms with E-state index in [-0.39, 0.29) is 24.2 Å². The lowest BCUT2D eigenvalue weighted by molar-refractivity contribution is -0.121. The summed E-state index contributed by atoms with van der Waals surface area (Å²) in [7, 11) is 0. The van der Waals surface area contributed by atoms with Crippen molar-refractivity contribution in [3.8, 4) is 0 Å². The fourth-order valence-electron chi connectivity index (χ4n) is 2.84. The maximum absolute atomic E-state index is 13.8. The van der Waals surface area contributed by atoms with E-state index in [0.29, 0.717) is 16.8 Å². The second-order valence-electron chi connectivity index (χ2n) is 5.69. The molecule has 0 saturated heterocycles. The number of hydrogen-bond acceptors (Lipinski definition) is 2. The minimum Gasteiger partial charge on any atom is -0.348 e. The summed E-state index contributed by atoms with van der Waals surface area (Å²) < 4.78 is 13.8. The van der Waals surface area contributed by atoms with Crippen molar-refractivity contribution in [3.63, 3.8) is 0 Å². The highest BCUT2D eigenvalue weighted by molar-refractivity contribution is 6.10. The number of benzene rings is 2. The molecule has 4 nitrogen and oxygen atoms in total. The highest BCUT2D eigenvalue weighted by Gasteiger charge is 2.32. The molecule has 24 heavy (non-hydrogen) atoms. The van der Waals surface area contributed by atoms with E-state index in [2.05, 4.69) is 11.9 Å². The molecule has 0 radical (unpaired) electrons. The van der Waals surface area contributed by atoms with Crippen LogP contribution in [0.4, 0.5) is 4.39 Å². The molecule has 2 aromatic carbocycles. The van der Waals surface area contributed by atoms with Gasteiger partial charge in [0.15, 0.2) is 0 Å². The van der Waals surface area contributed by atoms with Gasteiger partial charge >= 0.3 is 0 Å². The Balaban J connectivity index is 1.69. The first-order valence-corrected chi connectivity index (χ1v) is 7.63. The molecule has 1 aliphatic rings. The average Bonchev–Trinajstić information content (AvgIpc) is 2.80. The van der Waals surface area contributed by atoms with Crippen molar-refractivity contribution < 1.29 is 14.0 Å². The predicted octanol–water partition coefficient (Wildman–Crippen LogP) is 3.13. The van der Waals surface area contributed by atoms with E-state index >= 15 is 0 Å². The summed E-state index contributed by atoms with van der Waals surface area (Å²) in [6, 6.07) is 12.9. The Morgan fingerprint density at radius 3 is 2.46 bits per heavy atom. The topological polar surface area (TPSA) is 49.4 Å². The molecule has 1 atom stereocenters. The normalized spacial score (nSPS) is 14.5. The third-order valence-corrected chi connectivity index (χ3v) is 4.09. The van der Waals surface area contributed by atoms with Crippen LogP contribution in [-0.2, 0) is 4.79 Å². The molecule has 0 bridgehead atoms. The number of carbonyl (C=O) groups is 2. The largest absolute Gasteiger partial charge is 0.348 e. The van der Waals surface area contributed by atoms with Gasteiger partial charge in [-0.25, -0.2) is 4.39 Å². The van der Waals surface area contributed by atoms with E-state index in [0.717, 1.165) is 5.56 Å². The lowest BCUT2D eigenvalue weighted by Gasteiger charge is -2.20. The molecule has 122 valence electrons. The smallest absolute Gasteiger partial charge is 0.259 e. The van der Waals surface area contributed by atoms with Crippen molar-refractivity contribution in [3.05, 3.63) is 77.6 Å². The quantitative estimate of drug-likeness (QED) is 0.939. The lowest BCUT2D eigenvalue weighted by Crippen LogP contribution is -2.38. The van der Waals surface area contributed by atoms with Crippen LogP contribution in [0.2, 0.25) is 0 Å². The summed E-state index contributed by atoms with van der Waals surface area (Å²) in [4.78, 5) is 26.0. The fourth-order valence-corrected chi connectivity index (χ4v) is 2.84. The van der Waals surface area contributed by atoms with Gasteiger partial charge in [-0.2, -0.15) is 0 Å². The first kappa shape index (κ1) is 15.9. The van der Waals surface area contributed by atoms with Crippen LogP contribution in [-0.4, -0.2) is 23.3 Å². The van der Waals surface area contributed by atoms with Crippen LogP contribution < -0.4 is 5.32 Å². The van der Waals surface area contributed by atoms with Crippen LogP contribution in [0.15, 0.2) is 55.1 Å². The van der Waals surface area contributed by atoms with E-state index in [4.69, 9.17) is 0 Å². The van der Waals surface area contributed by atoms with Crippen molar-refractivity contribution in [1.82, 2.24) is 10.2 Å².